The number of aliphatic hydroxyl groups excluding tert-OH is 1. The van der Waals surface area contributed by atoms with E-state index in [0.717, 1.165) is 5.69 Å². The van der Waals surface area contributed by atoms with Crippen LogP contribution in [0.4, 0.5) is 0 Å². The van der Waals surface area contributed by atoms with Crippen molar-refractivity contribution in [2.24, 2.45) is 5.92 Å². The first-order valence-electron chi connectivity index (χ1n) is 7.89. The number of carbonyl (C=O) groups is 1. The maximum atomic E-state index is 12.3. The van der Waals surface area contributed by atoms with Gasteiger partial charge in [0.05, 0.1) is 11.8 Å². The maximum absolute atomic E-state index is 12.3. The third kappa shape index (κ3) is 4.25. The van der Waals surface area contributed by atoms with Gasteiger partial charge in [-0.15, -0.1) is 12.4 Å². The Kier molecular flexibility index (Phi) is 6.30. The van der Waals surface area contributed by atoms with Crippen LogP contribution >= 0.6 is 12.4 Å². The summed E-state index contributed by atoms with van der Waals surface area (Å²) < 4.78 is 1.57. The lowest BCUT2D eigenvalue weighted by molar-refractivity contribution is 0.0919. The number of nitrogens with one attached hydrogen (secondary N) is 2. The molecule has 1 saturated heterocycles. The Bertz CT molecular complexity index is 794. The topological polar surface area (TPSA) is 96.2 Å². The van der Waals surface area contributed by atoms with E-state index in [-0.39, 0.29) is 24.0 Å². The fraction of sp³-hybridized carbons (Fsp3) is 0.353. The van der Waals surface area contributed by atoms with E-state index in [1.54, 1.807) is 11.6 Å². The molecule has 1 aliphatic rings. The first-order valence-corrected chi connectivity index (χ1v) is 7.89. The summed E-state index contributed by atoms with van der Waals surface area (Å²) in [6.45, 7) is 3.22. The largest absolute Gasteiger partial charge is 0.391 e. The lowest BCUT2D eigenvalue weighted by atomic mass is 10.1. The molecule has 0 radical (unpaired) electrons. The number of β-amino-alcohol motifs (C(OH)–C–C–N with tert-alkyl or cyclic N) is 1. The van der Waals surface area contributed by atoms with Crippen LogP contribution in [0, 0.1) is 12.8 Å². The van der Waals surface area contributed by atoms with Crippen molar-refractivity contribution >= 4 is 18.3 Å². The molecule has 134 valence electrons. The number of hydrogen-bond donors (Lipinski definition) is 3. The third-order valence-electron chi connectivity index (χ3n) is 4.15. The molecule has 2 aromatic rings. The van der Waals surface area contributed by atoms with Crippen LogP contribution in [0.2, 0.25) is 0 Å². The minimum absolute atomic E-state index is 0. The van der Waals surface area contributed by atoms with Crippen LogP contribution in [0.15, 0.2) is 41.2 Å². The van der Waals surface area contributed by atoms with Gasteiger partial charge >= 0.3 is 0 Å². The molecule has 2 heterocycles. The number of para-hydroxylation sites is 1. The van der Waals surface area contributed by atoms with Gasteiger partial charge in [0.1, 0.15) is 0 Å². The molecule has 0 spiro atoms. The van der Waals surface area contributed by atoms with Crippen LogP contribution in [0.5, 0.6) is 0 Å². The van der Waals surface area contributed by atoms with E-state index in [1.807, 2.05) is 30.3 Å². The highest BCUT2D eigenvalue weighted by molar-refractivity contribution is 5.92. The van der Waals surface area contributed by atoms with Crippen LogP contribution in [0.25, 0.3) is 5.69 Å². The van der Waals surface area contributed by atoms with Gasteiger partial charge in [0.15, 0.2) is 5.69 Å². The Hall–Kier alpha value is -2.22. The van der Waals surface area contributed by atoms with Gasteiger partial charge in [0, 0.05) is 37.3 Å². The van der Waals surface area contributed by atoms with E-state index >= 15 is 0 Å². The van der Waals surface area contributed by atoms with Gasteiger partial charge in [0.25, 0.3) is 5.91 Å². The summed E-state index contributed by atoms with van der Waals surface area (Å²) >= 11 is 0. The molecule has 2 atom stereocenters. The van der Waals surface area contributed by atoms with E-state index < -0.39 is 17.4 Å². The normalized spacial score (nSPS) is 19.3. The molecule has 0 aliphatic carbocycles. The molecular weight excluding hydrogens is 344 g/mol. The van der Waals surface area contributed by atoms with E-state index in [1.165, 1.54) is 6.07 Å². The second kappa shape index (κ2) is 8.24. The van der Waals surface area contributed by atoms with Crippen molar-refractivity contribution in [3.05, 3.63) is 58.0 Å². The maximum Gasteiger partial charge on any atom is 0.275 e. The fourth-order valence-corrected chi connectivity index (χ4v) is 2.77. The average molecular weight is 365 g/mol. The number of carbonyl (C=O) groups excluding carboxylic acids is 1. The van der Waals surface area contributed by atoms with Crippen molar-refractivity contribution in [3.8, 4) is 5.69 Å². The van der Waals surface area contributed by atoms with Crippen molar-refractivity contribution in [2.45, 2.75) is 13.0 Å². The van der Waals surface area contributed by atoms with Crippen LogP contribution in [-0.2, 0) is 0 Å². The minimum atomic E-state index is -0.524. The van der Waals surface area contributed by atoms with Gasteiger partial charge in [-0.05, 0) is 19.1 Å². The standard InChI is InChI=1S/C17H20N4O3.ClH/c1-11-7-14(22)16(20-21(11)13-5-3-2-4-6-13)17(24)19-9-12-8-18-10-15(12)23;/h2-7,12,15,18,23H,8-10H2,1H3,(H,19,24);1H. The van der Waals surface area contributed by atoms with E-state index in [9.17, 15) is 14.7 Å². The molecule has 1 amide bonds. The summed E-state index contributed by atoms with van der Waals surface area (Å²) in [5.41, 5.74) is 0.866. The quantitative estimate of drug-likeness (QED) is 0.724. The molecule has 0 bridgehead atoms. The molecule has 2 unspecified atom stereocenters. The molecule has 25 heavy (non-hydrogen) atoms. The zero-order valence-corrected chi connectivity index (χ0v) is 14.6. The summed E-state index contributed by atoms with van der Waals surface area (Å²) in [7, 11) is 0. The van der Waals surface area contributed by atoms with Crippen molar-refractivity contribution in [1.82, 2.24) is 20.4 Å². The highest BCUT2D eigenvalue weighted by atomic mass is 35.5. The third-order valence-corrected chi connectivity index (χ3v) is 4.15. The Balaban J connectivity index is 0.00000225. The number of rotatable bonds is 4. The second-order valence-electron chi connectivity index (χ2n) is 5.94. The Morgan fingerprint density at radius 3 is 2.72 bits per heavy atom. The van der Waals surface area contributed by atoms with E-state index in [2.05, 4.69) is 15.7 Å². The monoisotopic (exact) mass is 364 g/mol. The van der Waals surface area contributed by atoms with Gasteiger partial charge < -0.3 is 15.7 Å². The van der Waals surface area contributed by atoms with E-state index in [4.69, 9.17) is 0 Å². The first-order chi connectivity index (χ1) is 11.6. The van der Waals surface area contributed by atoms with Gasteiger partial charge in [-0.1, -0.05) is 18.2 Å². The molecule has 1 fully saturated rings. The lowest BCUT2D eigenvalue weighted by Gasteiger charge is -2.14. The zero-order valence-electron chi connectivity index (χ0n) is 13.8. The molecule has 8 heteroatoms. The molecule has 3 N–H and O–H groups in total. The predicted octanol–water partition coefficient (Wildman–Crippen LogP) is 0.273. The highest BCUT2D eigenvalue weighted by Gasteiger charge is 2.26. The number of hydrogen-bond acceptors (Lipinski definition) is 5. The number of amides is 1. The molecular formula is C17H21ClN4O3. The summed E-state index contributed by atoms with van der Waals surface area (Å²) in [6, 6.07) is 10.7. The highest BCUT2D eigenvalue weighted by Crippen LogP contribution is 2.09. The summed E-state index contributed by atoms with van der Waals surface area (Å²) in [4.78, 5) is 24.5. The van der Waals surface area contributed by atoms with Crippen LogP contribution < -0.4 is 16.1 Å². The van der Waals surface area contributed by atoms with Gasteiger partial charge in [-0.3, -0.25) is 9.59 Å². The lowest BCUT2D eigenvalue weighted by Crippen LogP contribution is -2.37. The number of nitrogens with zero attached hydrogens (tertiary/aromatic N) is 2. The number of aromatic nitrogens is 2. The summed E-state index contributed by atoms with van der Waals surface area (Å²) in [5.74, 6) is -0.584. The molecule has 7 nitrogen and oxygen atoms in total. The molecule has 0 saturated carbocycles. The average Bonchev–Trinajstić information content (AvgIpc) is 2.98. The predicted molar refractivity (Wildman–Crippen MR) is 96.5 cm³/mol. The Morgan fingerprint density at radius 2 is 2.08 bits per heavy atom. The zero-order chi connectivity index (χ0) is 17.1. The molecule has 3 rings (SSSR count). The molecule has 1 aliphatic heterocycles. The number of aryl methyl sites for hydroxylation is 1. The first kappa shape index (κ1) is 19.1. The summed E-state index contributed by atoms with van der Waals surface area (Å²) in [6.07, 6.45) is -0.489. The van der Waals surface area contributed by atoms with Gasteiger partial charge in [0.2, 0.25) is 5.43 Å². The van der Waals surface area contributed by atoms with Crippen molar-refractivity contribution in [3.63, 3.8) is 0 Å². The Labute approximate surface area is 151 Å². The second-order valence-corrected chi connectivity index (χ2v) is 5.94. The van der Waals surface area contributed by atoms with Crippen LogP contribution in [0.3, 0.4) is 0 Å². The van der Waals surface area contributed by atoms with Gasteiger partial charge in [-0.2, -0.15) is 5.10 Å². The van der Waals surface area contributed by atoms with Crippen LogP contribution in [0.1, 0.15) is 16.2 Å². The number of aliphatic hydroxyl groups is 1. The van der Waals surface area contributed by atoms with Crippen LogP contribution in [-0.4, -0.2) is 46.5 Å². The molecule has 1 aromatic carbocycles. The minimum Gasteiger partial charge on any atom is -0.391 e. The molecule has 1 aromatic heterocycles. The number of benzene rings is 1. The SMILES string of the molecule is Cc1cc(=O)c(C(=O)NCC2CNCC2O)nn1-c1ccccc1.Cl. The van der Waals surface area contributed by atoms with E-state index in [0.29, 0.717) is 25.3 Å². The Morgan fingerprint density at radius 1 is 1.36 bits per heavy atom. The smallest absolute Gasteiger partial charge is 0.275 e. The summed E-state index contributed by atoms with van der Waals surface area (Å²) in [5, 5.41) is 19.7. The van der Waals surface area contributed by atoms with Gasteiger partial charge in [-0.25, -0.2) is 4.68 Å². The number of halogens is 1. The van der Waals surface area contributed by atoms with Crippen molar-refractivity contribution in [1.29, 1.82) is 0 Å². The fourth-order valence-electron chi connectivity index (χ4n) is 2.77. The van der Waals surface area contributed by atoms with Crippen molar-refractivity contribution in [2.75, 3.05) is 19.6 Å². The van der Waals surface area contributed by atoms with Crippen molar-refractivity contribution < 1.29 is 9.90 Å².